The van der Waals surface area contributed by atoms with Gasteiger partial charge in [0.05, 0.1) is 0 Å². The second-order valence-corrected chi connectivity index (χ2v) is 5.21. The predicted octanol–water partition coefficient (Wildman–Crippen LogP) is 3.37. The molecule has 0 fully saturated rings. The van der Waals surface area contributed by atoms with Crippen molar-refractivity contribution in [2.75, 3.05) is 23.3 Å². The van der Waals surface area contributed by atoms with Crippen molar-refractivity contribution >= 4 is 33.3 Å². The molecule has 0 spiro atoms. The number of hydrogen-bond acceptors (Lipinski definition) is 4. The molecule has 0 saturated heterocycles. The molecule has 2 heterocycles. The first-order valence-electron chi connectivity index (χ1n) is 6.41. The van der Waals surface area contributed by atoms with Crippen LogP contribution < -0.4 is 10.2 Å². The molecule has 5 heteroatoms. The molecule has 0 bridgehead atoms. The van der Waals surface area contributed by atoms with Gasteiger partial charge in [-0.2, -0.15) is 0 Å². The van der Waals surface area contributed by atoms with Gasteiger partial charge >= 0.3 is 0 Å². The minimum absolute atomic E-state index is 0.839. The molecule has 0 amide bonds. The molecule has 0 saturated carbocycles. The van der Waals surface area contributed by atoms with Gasteiger partial charge in [-0.25, -0.2) is 9.97 Å². The van der Waals surface area contributed by atoms with Crippen LogP contribution in [0.15, 0.2) is 35.1 Å². The topological polar surface area (TPSA) is 41.1 Å². The maximum atomic E-state index is 4.43. The van der Waals surface area contributed by atoms with E-state index in [-0.39, 0.29) is 0 Å². The van der Waals surface area contributed by atoms with E-state index < -0.39 is 0 Å². The number of para-hydroxylation sites is 1. The Kier molecular flexibility index (Phi) is 3.38. The Morgan fingerprint density at radius 3 is 3.00 bits per heavy atom. The Bertz CT molecular complexity index is 600. The zero-order chi connectivity index (χ0) is 13.2. The monoisotopic (exact) mass is 318 g/mol. The minimum Gasteiger partial charge on any atom is -0.369 e. The van der Waals surface area contributed by atoms with Crippen LogP contribution in [0.2, 0.25) is 0 Å². The SMILES string of the molecule is CCNc1ncnc(N2CCc3ccccc32)c1Br. The maximum Gasteiger partial charge on any atom is 0.152 e. The molecule has 19 heavy (non-hydrogen) atoms. The number of rotatable bonds is 3. The van der Waals surface area contributed by atoms with E-state index >= 15 is 0 Å². The van der Waals surface area contributed by atoms with E-state index in [0.29, 0.717) is 0 Å². The first kappa shape index (κ1) is 12.4. The number of aromatic nitrogens is 2. The summed E-state index contributed by atoms with van der Waals surface area (Å²) in [5.74, 6) is 1.77. The molecular weight excluding hydrogens is 304 g/mol. The summed E-state index contributed by atoms with van der Waals surface area (Å²) in [7, 11) is 0. The third kappa shape index (κ3) is 2.18. The fourth-order valence-electron chi connectivity index (χ4n) is 2.40. The van der Waals surface area contributed by atoms with Crippen molar-refractivity contribution in [3.05, 3.63) is 40.6 Å². The van der Waals surface area contributed by atoms with Gasteiger partial charge in [-0.15, -0.1) is 0 Å². The summed E-state index contributed by atoms with van der Waals surface area (Å²) >= 11 is 3.61. The molecule has 0 unspecified atom stereocenters. The minimum atomic E-state index is 0.839. The van der Waals surface area contributed by atoms with E-state index in [9.17, 15) is 0 Å². The highest BCUT2D eigenvalue weighted by atomic mass is 79.9. The van der Waals surface area contributed by atoms with Gasteiger partial charge in [0.25, 0.3) is 0 Å². The van der Waals surface area contributed by atoms with Gasteiger partial charge in [-0.05, 0) is 40.9 Å². The lowest BCUT2D eigenvalue weighted by Gasteiger charge is -2.20. The zero-order valence-corrected chi connectivity index (χ0v) is 12.3. The average molecular weight is 319 g/mol. The largest absolute Gasteiger partial charge is 0.369 e. The van der Waals surface area contributed by atoms with E-state index in [2.05, 4.69) is 67.3 Å². The van der Waals surface area contributed by atoms with Gasteiger partial charge in [0, 0.05) is 18.8 Å². The fourth-order valence-corrected chi connectivity index (χ4v) is 2.96. The Balaban J connectivity index is 2.02. The Morgan fingerprint density at radius 2 is 2.16 bits per heavy atom. The van der Waals surface area contributed by atoms with Crippen LogP contribution in [0.25, 0.3) is 0 Å². The predicted molar refractivity (Wildman–Crippen MR) is 81.0 cm³/mol. The molecule has 0 atom stereocenters. The molecule has 98 valence electrons. The molecule has 0 radical (unpaired) electrons. The van der Waals surface area contributed by atoms with Crippen LogP contribution in [0.5, 0.6) is 0 Å². The second kappa shape index (κ2) is 5.17. The smallest absolute Gasteiger partial charge is 0.152 e. The second-order valence-electron chi connectivity index (χ2n) is 4.42. The van der Waals surface area contributed by atoms with Crippen LogP contribution in [-0.4, -0.2) is 23.1 Å². The third-order valence-corrected chi connectivity index (χ3v) is 3.99. The van der Waals surface area contributed by atoms with Crippen LogP contribution >= 0.6 is 15.9 Å². The molecule has 1 N–H and O–H groups in total. The Hall–Kier alpha value is -1.62. The first-order valence-corrected chi connectivity index (χ1v) is 7.20. The quantitative estimate of drug-likeness (QED) is 0.942. The normalized spacial score (nSPS) is 13.5. The maximum absolute atomic E-state index is 4.43. The van der Waals surface area contributed by atoms with Crippen molar-refractivity contribution in [1.29, 1.82) is 0 Å². The van der Waals surface area contributed by atoms with Crippen molar-refractivity contribution in [2.24, 2.45) is 0 Å². The summed E-state index contributed by atoms with van der Waals surface area (Å²) in [6.07, 6.45) is 2.67. The summed E-state index contributed by atoms with van der Waals surface area (Å²) in [5.41, 5.74) is 2.61. The van der Waals surface area contributed by atoms with Gasteiger partial charge in [-0.1, -0.05) is 18.2 Å². The number of halogens is 1. The van der Waals surface area contributed by atoms with Crippen LogP contribution in [0.3, 0.4) is 0 Å². The summed E-state index contributed by atoms with van der Waals surface area (Å²) < 4.78 is 0.925. The van der Waals surface area contributed by atoms with Crippen molar-refractivity contribution < 1.29 is 0 Å². The molecule has 0 aliphatic carbocycles. The van der Waals surface area contributed by atoms with Gasteiger partial charge in [0.2, 0.25) is 0 Å². The van der Waals surface area contributed by atoms with E-state index in [1.807, 2.05) is 0 Å². The lowest BCUT2D eigenvalue weighted by molar-refractivity contribution is 0.957. The number of nitrogens with zero attached hydrogens (tertiary/aromatic N) is 3. The standard InChI is InChI=1S/C14H15BrN4/c1-2-16-13-12(15)14(18-9-17-13)19-8-7-10-5-3-4-6-11(10)19/h3-6,9H,2,7-8H2,1H3,(H,16,17,18). The first-order chi connectivity index (χ1) is 9.31. The zero-order valence-electron chi connectivity index (χ0n) is 10.7. The van der Waals surface area contributed by atoms with E-state index in [1.54, 1.807) is 6.33 Å². The highest BCUT2D eigenvalue weighted by Crippen LogP contribution is 2.38. The van der Waals surface area contributed by atoms with E-state index in [0.717, 1.165) is 35.6 Å². The Labute approximate surface area is 121 Å². The molecule has 2 aromatic rings. The number of nitrogens with one attached hydrogen (secondary N) is 1. The van der Waals surface area contributed by atoms with Crippen LogP contribution in [0.1, 0.15) is 12.5 Å². The van der Waals surface area contributed by atoms with Crippen molar-refractivity contribution in [3.8, 4) is 0 Å². The molecule has 1 aliphatic heterocycles. The molecule has 3 rings (SSSR count). The fraction of sp³-hybridized carbons (Fsp3) is 0.286. The van der Waals surface area contributed by atoms with E-state index in [4.69, 9.17) is 0 Å². The van der Waals surface area contributed by atoms with Crippen LogP contribution in [-0.2, 0) is 6.42 Å². The summed E-state index contributed by atoms with van der Waals surface area (Å²) in [5, 5.41) is 3.24. The van der Waals surface area contributed by atoms with Crippen LogP contribution in [0.4, 0.5) is 17.3 Å². The molecular formula is C14H15BrN4. The summed E-state index contributed by atoms with van der Waals surface area (Å²) in [6.45, 7) is 3.85. The van der Waals surface area contributed by atoms with Gasteiger partial charge in [-0.3, -0.25) is 0 Å². The molecule has 1 aromatic carbocycles. The van der Waals surface area contributed by atoms with Crippen molar-refractivity contribution in [1.82, 2.24) is 9.97 Å². The van der Waals surface area contributed by atoms with Crippen LogP contribution in [0, 0.1) is 0 Å². The van der Waals surface area contributed by atoms with Crippen molar-refractivity contribution in [3.63, 3.8) is 0 Å². The number of anilines is 3. The number of fused-ring (bicyclic) bond motifs is 1. The lowest BCUT2D eigenvalue weighted by atomic mass is 10.2. The van der Waals surface area contributed by atoms with Gasteiger partial charge in [0.1, 0.15) is 16.6 Å². The molecule has 4 nitrogen and oxygen atoms in total. The number of hydrogen-bond donors (Lipinski definition) is 1. The molecule has 1 aromatic heterocycles. The highest BCUT2D eigenvalue weighted by Gasteiger charge is 2.23. The number of benzene rings is 1. The summed E-state index contributed by atoms with van der Waals surface area (Å²) in [6, 6.07) is 8.47. The van der Waals surface area contributed by atoms with Crippen molar-refractivity contribution in [2.45, 2.75) is 13.3 Å². The highest BCUT2D eigenvalue weighted by molar-refractivity contribution is 9.10. The molecule has 1 aliphatic rings. The third-order valence-electron chi connectivity index (χ3n) is 3.26. The van der Waals surface area contributed by atoms with E-state index in [1.165, 1.54) is 11.3 Å². The average Bonchev–Trinajstić information content (AvgIpc) is 2.85. The Morgan fingerprint density at radius 1 is 1.32 bits per heavy atom. The lowest BCUT2D eigenvalue weighted by Crippen LogP contribution is -2.16. The van der Waals surface area contributed by atoms with Gasteiger partial charge in [0.15, 0.2) is 5.82 Å². The van der Waals surface area contributed by atoms with Gasteiger partial charge < -0.3 is 10.2 Å². The summed E-state index contributed by atoms with van der Waals surface area (Å²) in [4.78, 5) is 10.9.